The number of unbranched alkanes of at least 4 members (excludes halogenated alkanes) is 1. The van der Waals surface area contributed by atoms with Crippen LogP contribution in [0.3, 0.4) is 0 Å². The molecule has 0 radical (unpaired) electrons. The number of ether oxygens (including phenoxy) is 2. The Bertz CT molecular complexity index is 946. The molecule has 0 fully saturated rings. The number of hydrogen-bond donors (Lipinski definition) is 1. The van der Waals surface area contributed by atoms with Crippen molar-refractivity contribution in [2.75, 3.05) is 19.8 Å². The Morgan fingerprint density at radius 2 is 1.73 bits per heavy atom. The molecule has 0 aromatic heterocycles. The lowest BCUT2D eigenvalue weighted by Crippen LogP contribution is -2.17. The zero-order valence-corrected chi connectivity index (χ0v) is 18.9. The largest absolute Gasteiger partial charge is 0.489 e. The van der Waals surface area contributed by atoms with E-state index in [-0.39, 0.29) is 0 Å². The van der Waals surface area contributed by atoms with Crippen LogP contribution in [-0.2, 0) is 17.9 Å². The third-order valence-electron chi connectivity index (χ3n) is 4.96. The first-order valence-corrected chi connectivity index (χ1v) is 11.3. The second-order valence-corrected chi connectivity index (χ2v) is 8.11. The van der Waals surface area contributed by atoms with Crippen LogP contribution in [0.5, 0.6) is 5.75 Å². The van der Waals surface area contributed by atoms with Gasteiger partial charge in [0.15, 0.2) is 0 Å². The molecule has 0 aliphatic rings. The highest BCUT2D eigenvalue weighted by molar-refractivity contribution is 6.42. The van der Waals surface area contributed by atoms with Crippen molar-refractivity contribution in [1.82, 2.24) is 5.32 Å². The van der Waals surface area contributed by atoms with E-state index in [4.69, 9.17) is 32.7 Å². The maximum absolute atomic E-state index is 6.18. The van der Waals surface area contributed by atoms with Gasteiger partial charge in [0, 0.05) is 25.3 Å². The summed E-state index contributed by atoms with van der Waals surface area (Å²) in [5.41, 5.74) is 2.15. The zero-order valence-electron chi connectivity index (χ0n) is 17.4. The minimum absolute atomic E-state index is 0.438. The monoisotopic (exact) mass is 445 g/mol. The Morgan fingerprint density at radius 3 is 2.57 bits per heavy atom. The van der Waals surface area contributed by atoms with Crippen molar-refractivity contribution < 1.29 is 9.47 Å². The Morgan fingerprint density at radius 1 is 0.900 bits per heavy atom. The normalized spacial score (nSPS) is 11.2. The average molecular weight is 446 g/mol. The highest BCUT2D eigenvalue weighted by atomic mass is 35.5. The molecule has 0 aliphatic heterocycles. The van der Waals surface area contributed by atoms with Crippen LogP contribution in [0.4, 0.5) is 0 Å². The van der Waals surface area contributed by atoms with Crippen LogP contribution in [0.25, 0.3) is 10.8 Å². The van der Waals surface area contributed by atoms with Gasteiger partial charge in [-0.2, -0.15) is 0 Å². The van der Waals surface area contributed by atoms with E-state index < -0.39 is 0 Å². The van der Waals surface area contributed by atoms with Gasteiger partial charge in [0.2, 0.25) is 0 Å². The molecular formula is C25H29Cl2NO2. The van der Waals surface area contributed by atoms with Crippen molar-refractivity contribution >= 4 is 34.0 Å². The number of hydrogen-bond acceptors (Lipinski definition) is 3. The van der Waals surface area contributed by atoms with Gasteiger partial charge in [0.25, 0.3) is 0 Å². The second-order valence-electron chi connectivity index (χ2n) is 7.30. The summed E-state index contributed by atoms with van der Waals surface area (Å²) < 4.78 is 11.8. The van der Waals surface area contributed by atoms with E-state index in [0.29, 0.717) is 16.7 Å². The Labute approximate surface area is 189 Å². The van der Waals surface area contributed by atoms with E-state index in [1.165, 1.54) is 22.8 Å². The molecular weight excluding hydrogens is 417 g/mol. The van der Waals surface area contributed by atoms with Crippen LogP contribution in [0.15, 0.2) is 54.6 Å². The van der Waals surface area contributed by atoms with Crippen LogP contribution in [-0.4, -0.2) is 19.8 Å². The molecule has 3 rings (SSSR count). The predicted octanol–water partition coefficient (Wildman–Crippen LogP) is 7.02. The van der Waals surface area contributed by atoms with Gasteiger partial charge in [-0.3, -0.25) is 0 Å². The van der Waals surface area contributed by atoms with Gasteiger partial charge in [-0.15, -0.1) is 0 Å². The fourth-order valence-corrected chi connectivity index (χ4v) is 3.61. The third kappa shape index (κ3) is 6.61. The Hall–Kier alpha value is -1.78. The van der Waals surface area contributed by atoms with Gasteiger partial charge in [-0.05, 0) is 53.9 Å². The first kappa shape index (κ1) is 22.9. The standard InChI is InChI=1S/C25H29Cl2NO2/c1-2-3-14-29-15-6-13-28-17-22-21-8-5-4-7-20(21)10-12-25(22)30-18-19-9-11-23(26)24(27)16-19/h4-5,7-12,16,28H,2-3,6,13-15,17-18H2,1H3. The third-order valence-corrected chi connectivity index (χ3v) is 5.70. The number of fused-ring (bicyclic) bond motifs is 1. The van der Waals surface area contributed by atoms with E-state index in [2.05, 4.69) is 42.6 Å². The lowest BCUT2D eigenvalue weighted by molar-refractivity contribution is 0.128. The van der Waals surface area contributed by atoms with Gasteiger partial charge in [0.1, 0.15) is 12.4 Å². The first-order valence-electron chi connectivity index (χ1n) is 10.5. The van der Waals surface area contributed by atoms with Crippen molar-refractivity contribution in [3.8, 4) is 5.75 Å². The zero-order chi connectivity index (χ0) is 21.2. The summed E-state index contributed by atoms with van der Waals surface area (Å²) in [7, 11) is 0. The van der Waals surface area contributed by atoms with Crippen LogP contribution >= 0.6 is 23.2 Å². The average Bonchev–Trinajstić information content (AvgIpc) is 2.77. The lowest BCUT2D eigenvalue weighted by atomic mass is 10.0. The molecule has 0 heterocycles. The maximum Gasteiger partial charge on any atom is 0.124 e. The summed E-state index contributed by atoms with van der Waals surface area (Å²) in [4.78, 5) is 0. The van der Waals surface area contributed by atoms with Crippen LogP contribution in [0.2, 0.25) is 10.0 Å². The van der Waals surface area contributed by atoms with Crippen molar-refractivity contribution in [1.29, 1.82) is 0 Å². The molecule has 3 aromatic rings. The molecule has 0 aliphatic carbocycles. The topological polar surface area (TPSA) is 30.5 Å². The van der Waals surface area contributed by atoms with Crippen LogP contribution in [0, 0.1) is 0 Å². The minimum atomic E-state index is 0.438. The molecule has 0 amide bonds. The van der Waals surface area contributed by atoms with Crippen LogP contribution < -0.4 is 10.1 Å². The Balaban J connectivity index is 1.64. The number of halogens is 2. The predicted molar refractivity (Wildman–Crippen MR) is 127 cm³/mol. The highest BCUT2D eigenvalue weighted by Crippen LogP contribution is 2.29. The summed E-state index contributed by atoms with van der Waals surface area (Å²) in [6.07, 6.45) is 3.29. The molecule has 3 nitrogen and oxygen atoms in total. The van der Waals surface area contributed by atoms with E-state index in [9.17, 15) is 0 Å². The van der Waals surface area contributed by atoms with Crippen molar-refractivity contribution in [2.24, 2.45) is 0 Å². The van der Waals surface area contributed by atoms with Gasteiger partial charge in [-0.1, -0.05) is 72.9 Å². The summed E-state index contributed by atoms with van der Waals surface area (Å²) in [6, 6.07) is 18.1. The molecule has 0 bridgehead atoms. The number of benzene rings is 3. The molecule has 160 valence electrons. The second kappa shape index (κ2) is 12.2. The molecule has 1 N–H and O–H groups in total. The molecule has 0 saturated carbocycles. The summed E-state index contributed by atoms with van der Waals surface area (Å²) >= 11 is 12.2. The number of nitrogens with one attached hydrogen (secondary N) is 1. The van der Waals surface area contributed by atoms with E-state index >= 15 is 0 Å². The smallest absolute Gasteiger partial charge is 0.124 e. The van der Waals surface area contributed by atoms with Crippen molar-refractivity contribution in [3.05, 3.63) is 75.8 Å². The molecule has 0 atom stereocenters. The van der Waals surface area contributed by atoms with E-state index in [1.54, 1.807) is 6.07 Å². The maximum atomic E-state index is 6.18. The van der Waals surface area contributed by atoms with Gasteiger partial charge in [0.05, 0.1) is 10.0 Å². The quantitative estimate of drug-likeness (QED) is 0.303. The van der Waals surface area contributed by atoms with Gasteiger partial charge < -0.3 is 14.8 Å². The van der Waals surface area contributed by atoms with Crippen molar-refractivity contribution in [3.63, 3.8) is 0 Å². The molecule has 5 heteroatoms. The lowest BCUT2D eigenvalue weighted by Gasteiger charge is -2.15. The molecule has 3 aromatic carbocycles. The van der Waals surface area contributed by atoms with Crippen LogP contribution in [0.1, 0.15) is 37.3 Å². The van der Waals surface area contributed by atoms with Gasteiger partial charge in [-0.25, -0.2) is 0 Å². The molecule has 0 saturated heterocycles. The molecule has 0 unspecified atom stereocenters. The summed E-state index contributed by atoms with van der Waals surface area (Å²) in [5.74, 6) is 0.881. The molecule has 0 spiro atoms. The summed E-state index contributed by atoms with van der Waals surface area (Å²) in [6.45, 7) is 5.91. The number of rotatable bonds is 12. The highest BCUT2D eigenvalue weighted by Gasteiger charge is 2.10. The summed E-state index contributed by atoms with van der Waals surface area (Å²) in [5, 5.41) is 7.04. The van der Waals surface area contributed by atoms with Crippen molar-refractivity contribution in [2.45, 2.75) is 39.3 Å². The Kier molecular flexibility index (Phi) is 9.28. The van der Waals surface area contributed by atoms with Gasteiger partial charge >= 0.3 is 0 Å². The van der Waals surface area contributed by atoms with E-state index in [0.717, 1.165) is 50.5 Å². The SMILES string of the molecule is CCCCOCCCNCc1c(OCc2ccc(Cl)c(Cl)c2)ccc2ccccc12. The molecule has 30 heavy (non-hydrogen) atoms. The first-order chi connectivity index (χ1) is 14.7. The fraction of sp³-hybridized carbons (Fsp3) is 0.360. The minimum Gasteiger partial charge on any atom is -0.489 e. The van der Waals surface area contributed by atoms with E-state index in [1.807, 2.05) is 18.2 Å². The fourth-order valence-electron chi connectivity index (χ4n) is 3.29.